The van der Waals surface area contributed by atoms with E-state index in [1.54, 1.807) is 4.68 Å². The first kappa shape index (κ1) is 24.3. The van der Waals surface area contributed by atoms with Crippen LogP contribution in [0.2, 0.25) is 0 Å². The molecule has 2 amide bonds. The quantitative estimate of drug-likeness (QED) is 0.684. The summed E-state index contributed by atoms with van der Waals surface area (Å²) in [7, 11) is 1.54. The second-order valence-electron chi connectivity index (χ2n) is 9.83. The minimum absolute atomic E-state index is 0.138. The second kappa shape index (κ2) is 9.43. The largest absolute Gasteiger partial charge is 0.391 e. The number of carbonyl (C=O) groups is 2. The maximum atomic E-state index is 13.6. The molecule has 2 heterocycles. The van der Waals surface area contributed by atoms with Crippen LogP contribution in [0.1, 0.15) is 66.6 Å². The van der Waals surface area contributed by atoms with Crippen LogP contribution in [0, 0.1) is 5.41 Å². The summed E-state index contributed by atoms with van der Waals surface area (Å²) in [6.45, 7) is 15.2. The number of β-amino-alcohol motifs (C(OH)–C–C–N with tert-alkyl or cyclic N) is 1. The van der Waals surface area contributed by atoms with Crippen LogP contribution in [-0.2, 0) is 16.1 Å². The van der Waals surface area contributed by atoms with Gasteiger partial charge in [0.05, 0.1) is 18.0 Å². The van der Waals surface area contributed by atoms with Crippen LogP contribution in [-0.4, -0.2) is 79.5 Å². The summed E-state index contributed by atoms with van der Waals surface area (Å²) in [5, 5.41) is 21.3. The number of hydrogen-bond acceptors (Lipinski definition) is 6. The zero-order chi connectivity index (χ0) is 22.8. The van der Waals surface area contributed by atoms with Crippen LogP contribution in [0.25, 0.3) is 0 Å². The molecule has 1 aromatic rings. The Morgan fingerprint density at radius 1 is 1.27 bits per heavy atom. The van der Waals surface area contributed by atoms with Gasteiger partial charge < -0.3 is 15.3 Å². The Morgan fingerprint density at radius 3 is 2.37 bits per heavy atom. The lowest BCUT2D eigenvalue weighted by atomic mass is 9.85. The fraction of sp³-hybridized carbons (Fsp3) is 0.810. The lowest BCUT2D eigenvalue weighted by Gasteiger charge is -2.34. The average Bonchev–Trinajstić information content (AvgIpc) is 3.23. The number of carbonyl (C=O) groups excluding carboxylic acids is 2. The van der Waals surface area contributed by atoms with Crippen molar-refractivity contribution < 1.29 is 14.7 Å². The first-order valence-electron chi connectivity index (χ1n) is 10.7. The number of aliphatic hydroxyl groups excluding tert-OH is 1. The highest BCUT2D eigenvalue weighted by molar-refractivity contribution is 5.90. The monoisotopic (exact) mass is 422 g/mol. The van der Waals surface area contributed by atoms with Crippen LogP contribution < -0.4 is 5.32 Å². The predicted molar refractivity (Wildman–Crippen MR) is 115 cm³/mol. The van der Waals surface area contributed by atoms with Crippen molar-refractivity contribution in [2.24, 2.45) is 5.41 Å². The molecule has 2 rings (SSSR count). The lowest BCUT2D eigenvalue weighted by Crippen LogP contribution is -2.49. The van der Waals surface area contributed by atoms with Crippen molar-refractivity contribution in [1.29, 1.82) is 0 Å². The molecule has 0 bridgehead atoms. The van der Waals surface area contributed by atoms with Crippen molar-refractivity contribution in [3.8, 4) is 0 Å². The Bertz CT molecular complexity index is 731. The molecule has 30 heavy (non-hydrogen) atoms. The number of likely N-dealkylation sites (N-methyl/N-ethyl adjacent to an activating group) is 1. The molecular weight excluding hydrogens is 384 g/mol. The van der Waals surface area contributed by atoms with Crippen molar-refractivity contribution in [2.75, 3.05) is 13.6 Å². The molecule has 1 aliphatic rings. The molecule has 1 saturated heterocycles. The van der Waals surface area contributed by atoms with E-state index in [4.69, 9.17) is 0 Å². The SMILES string of the molecule is CNC(=O)[C@H]1CC(O)CN1C(=O)C(n1cc(CN(C(C)C)C(C)C)nn1)C(C)(C)C. The first-order valence-corrected chi connectivity index (χ1v) is 10.7. The average molecular weight is 423 g/mol. The van der Waals surface area contributed by atoms with Crippen LogP contribution >= 0.6 is 0 Å². The fourth-order valence-electron chi connectivity index (χ4n) is 4.17. The minimum Gasteiger partial charge on any atom is -0.391 e. The third-order valence-corrected chi connectivity index (χ3v) is 5.66. The van der Waals surface area contributed by atoms with Crippen LogP contribution in [0.5, 0.6) is 0 Å². The summed E-state index contributed by atoms with van der Waals surface area (Å²) < 4.78 is 1.61. The second-order valence-corrected chi connectivity index (χ2v) is 9.83. The van der Waals surface area contributed by atoms with E-state index in [2.05, 4.69) is 48.2 Å². The van der Waals surface area contributed by atoms with E-state index < -0.39 is 23.6 Å². The van der Waals surface area contributed by atoms with Gasteiger partial charge in [-0.05, 0) is 33.1 Å². The molecule has 1 aromatic heterocycles. The molecule has 2 unspecified atom stereocenters. The van der Waals surface area contributed by atoms with Crippen LogP contribution in [0.15, 0.2) is 6.20 Å². The van der Waals surface area contributed by atoms with Crippen molar-refractivity contribution in [2.45, 2.75) is 91.7 Å². The van der Waals surface area contributed by atoms with Crippen molar-refractivity contribution in [3.05, 3.63) is 11.9 Å². The molecule has 9 nitrogen and oxygen atoms in total. The first-order chi connectivity index (χ1) is 13.9. The topological polar surface area (TPSA) is 104 Å². The van der Waals surface area contributed by atoms with Gasteiger partial charge in [-0.3, -0.25) is 14.5 Å². The van der Waals surface area contributed by atoms with Gasteiger partial charge in [0.2, 0.25) is 11.8 Å². The normalized spacial score (nSPS) is 21.0. The number of rotatable bonds is 7. The number of nitrogens with one attached hydrogen (secondary N) is 1. The molecule has 0 aromatic carbocycles. The van der Waals surface area contributed by atoms with E-state index in [0.717, 1.165) is 5.69 Å². The standard InChI is InChI=1S/C21H38N6O3/c1-13(2)25(14(3)4)10-15-11-27(24-23-15)18(21(5,6)7)20(30)26-12-16(28)9-17(26)19(29)22-8/h11,13-14,16-18,28H,9-10,12H2,1-8H3,(H,22,29)/t16?,17-,18?/m1/s1. The summed E-state index contributed by atoms with van der Waals surface area (Å²) in [6, 6.07) is -0.602. The number of aromatic nitrogens is 3. The van der Waals surface area contributed by atoms with E-state index in [1.165, 1.54) is 11.9 Å². The summed E-state index contributed by atoms with van der Waals surface area (Å²) in [4.78, 5) is 29.6. The summed E-state index contributed by atoms with van der Waals surface area (Å²) in [5.74, 6) is -0.495. The predicted octanol–water partition coefficient (Wildman–Crippen LogP) is 1.19. The van der Waals surface area contributed by atoms with Gasteiger partial charge in [-0.15, -0.1) is 5.10 Å². The van der Waals surface area contributed by atoms with E-state index in [0.29, 0.717) is 18.6 Å². The zero-order valence-electron chi connectivity index (χ0n) is 19.6. The summed E-state index contributed by atoms with van der Waals surface area (Å²) in [5.41, 5.74) is 0.335. The van der Waals surface area contributed by atoms with Gasteiger partial charge in [-0.25, -0.2) is 4.68 Å². The number of nitrogens with zero attached hydrogens (tertiary/aromatic N) is 5. The van der Waals surface area contributed by atoms with Crippen molar-refractivity contribution in [3.63, 3.8) is 0 Å². The molecule has 0 spiro atoms. The molecule has 9 heteroatoms. The van der Waals surface area contributed by atoms with E-state index in [9.17, 15) is 14.7 Å². The maximum absolute atomic E-state index is 13.6. The highest BCUT2D eigenvalue weighted by Crippen LogP contribution is 2.34. The van der Waals surface area contributed by atoms with E-state index >= 15 is 0 Å². The van der Waals surface area contributed by atoms with Gasteiger partial charge >= 0.3 is 0 Å². The van der Waals surface area contributed by atoms with Gasteiger partial charge in [0.15, 0.2) is 0 Å². The van der Waals surface area contributed by atoms with Gasteiger partial charge in [-0.2, -0.15) is 0 Å². The molecule has 1 fully saturated rings. The third kappa shape index (κ3) is 5.37. The Hall–Kier alpha value is -2.00. The highest BCUT2D eigenvalue weighted by Gasteiger charge is 2.45. The number of aliphatic hydroxyl groups is 1. The summed E-state index contributed by atoms with van der Waals surface area (Å²) in [6.07, 6.45) is 1.35. The molecular formula is C21H38N6O3. The number of likely N-dealkylation sites (tertiary alicyclic amines) is 1. The van der Waals surface area contributed by atoms with Gasteiger partial charge in [-0.1, -0.05) is 26.0 Å². The highest BCUT2D eigenvalue weighted by atomic mass is 16.3. The Labute approximate surface area is 179 Å². The fourth-order valence-corrected chi connectivity index (χ4v) is 4.17. The van der Waals surface area contributed by atoms with Crippen molar-refractivity contribution in [1.82, 2.24) is 30.1 Å². The van der Waals surface area contributed by atoms with Gasteiger partial charge in [0, 0.05) is 38.6 Å². The lowest BCUT2D eigenvalue weighted by molar-refractivity contribution is -0.144. The molecule has 1 aliphatic heterocycles. The van der Waals surface area contributed by atoms with Crippen LogP contribution in [0.3, 0.4) is 0 Å². The molecule has 0 saturated carbocycles. The van der Waals surface area contributed by atoms with Gasteiger partial charge in [0.25, 0.3) is 0 Å². The Balaban J connectivity index is 2.32. The molecule has 0 radical (unpaired) electrons. The van der Waals surface area contributed by atoms with E-state index in [1.807, 2.05) is 27.0 Å². The van der Waals surface area contributed by atoms with Crippen LogP contribution in [0.4, 0.5) is 0 Å². The Morgan fingerprint density at radius 2 is 1.87 bits per heavy atom. The minimum atomic E-state index is -0.714. The Kier molecular flexibility index (Phi) is 7.63. The maximum Gasteiger partial charge on any atom is 0.248 e. The third-order valence-electron chi connectivity index (χ3n) is 5.66. The van der Waals surface area contributed by atoms with Gasteiger partial charge in [0.1, 0.15) is 12.1 Å². The number of hydrogen-bond donors (Lipinski definition) is 2. The molecule has 170 valence electrons. The summed E-state index contributed by atoms with van der Waals surface area (Å²) >= 11 is 0. The molecule has 2 N–H and O–H groups in total. The molecule has 0 aliphatic carbocycles. The molecule has 3 atom stereocenters. The van der Waals surface area contributed by atoms with Crippen molar-refractivity contribution >= 4 is 11.8 Å². The zero-order valence-corrected chi connectivity index (χ0v) is 19.6. The number of amides is 2. The smallest absolute Gasteiger partial charge is 0.248 e. The van der Waals surface area contributed by atoms with E-state index in [-0.39, 0.29) is 24.8 Å².